The maximum absolute atomic E-state index is 10.1. The first-order chi connectivity index (χ1) is 14.1. The fourth-order valence-corrected chi connectivity index (χ4v) is 5.50. The Morgan fingerprint density at radius 2 is 0.833 bits per heavy atom. The Bertz CT molecular complexity index is 454. The van der Waals surface area contributed by atoms with E-state index >= 15 is 0 Å². The molecule has 0 amide bonds. The molecule has 0 saturated heterocycles. The van der Waals surface area contributed by atoms with E-state index in [9.17, 15) is 28.8 Å². The van der Waals surface area contributed by atoms with Gasteiger partial charge in [-0.15, -0.1) is 0 Å². The molecule has 0 aliphatic rings. The summed E-state index contributed by atoms with van der Waals surface area (Å²) < 4.78 is 1.08. The van der Waals surface area contributed by atoms with Gasteiger partial charge in [-0.2, -0.15) is 0 Å². The van der Waals surface area contributed by atoms with E-state index in [0.717, 1.165) is 57.0 Å². The van der Waals surface area contributed by atoms with Crippen LogP contribution in [0, 0.1) is 0 Å². The predicted molar refractivity (Wildman–Crippen MR) is 171 cm³/mol. The smallest absolute Gasteiger partial charge is 0.132 e. The molecule has 0 saturated carbocycles. The maximum atomic E-state index is 10.1. The van der Waals surface area contributed by atoms with Gasteiger partial charge >= 0.3 is 0 Å². The van der Waals surface area contributed by atoms with Gasteiger partial charge in [0.1, 0.15) is 37.7 Å². The summed E-state index contributed by atoms with van der Waals surface area (Å²) in [5, 5.41) is 0. The van der Waals surface area contributed by atoms with E-state index in [-0.39, 0.29) is 11.8 Å². The van der Waals surface area contributed by atoms with E-state index in [2.05, 4.69) is 136 Å². The average molecular weight is 1100 g/mol. The van der Waals surface area contributed by atoms with Gasteiger partial charge in [0.05, 0.1) is 11.8 Å². The van der Waals surface area contributed by atoms with Crippen LogP contribution in [0.25, 0.3) is 0 Å². The van der Waals surface area contributed by atoms with Gasteiger partial charge in [0.15, 0.2) is 0 Å². The average Bonchev–Trinajstić information content (AvgIpc) is 2.72. The number of aldehydes is 6. The number of carbonyl (C=O) groups excluding carboxylic acids is 6. The van der Waals surface area contributed by atoms with Crippen molar-refractivity contribution in [3.8, 4) is 0 Å². The molecule has 0 spiro atoms. The summed E-state index contributed by atoms with van der Waals surface area (Å²) in [6.45, 7) is 0. The van der Waals surface area contributed by atoms with Crippen LogP contribution in [0.5, 0.6) is 0 Å². The minimum absolute atomic E-state index is 0.0550. The molecule has 0 aliphatic heterocycles. The molecule has 0 aromatic rings. The molecule has 0 aromatic heterocycles. The lowest BCUT2D eigenvalue weighted by molar-refractivity contribution is -0.109. The monoisotopic (exact) mass is 1100 g/mol. The standard InChI is InChI=1S/3C6H8I2O2/c7-5(1-3-9)6(8)2-4-10;7-5(1-2-9)3-6(8)4-10;7-5(3-9)1-2-6(8)4-10/h3-6H,1-2H2;2,4-6H,1,3H2;3-6H,1-2H2. The normalized spacial score (nSPS) is 15.8. The molecule has 6 unspecified atom stereocenters. The van der Waals surface area contributed by atoms with Crippen LogP contribution in [-0.2, 0) is 28.8 Å². The fourth-order valence-electron chi connectivity index (χ4n) is 1.43. The van der Waals surface area contributed by atoms with Crippen molar-refractivity contribution in [1.29, 1.82) is 0 Å². The number of alkyl halides is 6. The van der Waals surface area contributed by atoms with Gasteiger partial charge in [-0.25, -0.2) is 0 Å². The number of carbonyl (C=O) groups is 6. The Balaban J connectivity index is -0.000000364. The Kier molecular flexibility index (Phi) is 34.1. The lowest BCUT2D eigenvalue weighted by Crippen LogP contribution is -2.14. The van der Waals surface area contributed by atoms with Crippen molar-refractivity contribution in [3.63, 3.8) is 0 Å². The summed E-state index contributed by atoms with van der Waals surface area (Å²) in [6.07, 6.45) is 9.46. The largest absolute Gasteiger partial charge is 0.303 e. The van der Waals surface area contributed by atoms with Crippen molar-refractivity contribution >= 4 is 173 Å². The van der Waals surface area contributed by atoms with E-state index in [0.29, 0.717) is 31.0 Å². The number of halogens is 6. The van der Waals surface area contributed by atoms with E-state index in [1.807, 2.05) is 0 Å². The molecule has 6 nitrogen and oxygen atoms in total. The van der Waals surface area contributed by atoms with Crippen molar-refractivity contribution in [3.05, 3.63) is 0 Å². The predicted octanol–water partition coefficient (Wildman–Crippen LogP) is 5.31. The topological polar surface area (TPSA) is 102 Å². The third kappa shape index (κ3) is 28.4. The molecule has 0 rings (SSSR count). The van der Waals surface area contributed by atoms with Gasteiger partial charge in [0.2, 0.25) is 0 Å². The summed E-state index contributed by atoms with van der Waals surface area (Å²) in [4.78, 5) is 60.4. The molecular weight excluding hydrogens is 1070 g/mol. The van der Waals surface area contributed by atoms with Crippen LogP contribution < -0.4 is 0 Å². The SMILES string of the molecule is O=CC(I)CCC(I)C=O.O=CCC(I)C(I)CC=O.O=CCC(I)CC(I)C=O. The van der Waals surface area contributed by atoms with E-state index in [4.69, 9.17) is 0 Å². The molecule has 0 heterocycles. The van der Waals surface area contributed by atoms with E-state index in [1.165, 1.54) is 0 Å². The van der Waals surface area contributed by atoms with Crippen molar-refractivity contribution in [2.24, 2.45) is 0 Å². The zero-order valence-corrected chi connectivity index (χ0v) is 28.8. The van der Waals surface area contributed by atoms with Crippen LogP contribution >= 0.6 is 136 Å². The van der Waals surface area contributed by atoms with Crippen LogP contribution in [0.2, 0.25) is 0 Å². The second-order valence-electron chi connectivity index (χ2n) is 5.61. The highest BCUT2D eigenvalue weighted by atomic mass is 127. The minimum Gasteiger partial charge on any atom is -0.303 e. The zero-order chi connectivity index (χ0) is 23.9. The molecule has 0 radical (unpaired) electrons. The Morgan fingerprint density at radius 3 is 1.10 bits per heavy atom. The number of hydrogen-bond acceptors (Lipinski definition) is 6. The highest BCUT2D eigenvalue weighted by Crippen LogP contribution is 2.19. The van der Waals surface area contributed by atoms with Crippen molar-refractivity contribution in [2.45, 2.75) is 62.1 Å². The highest BCUT2D eigenvalue weighted by Gasteiger charge is 2.13. The Labute approximate surface area is 259 Å². The molecule has 0 N–H and O–H groups in total. The summed E-state index contributed by atoms with van der Waals surface area (Å²) in [5.74, 6) is 0. The second kappa shape index (κ2) is 27.6. The number of rotatable bonds is 15. The molecule has 0 fully saturated rings. The van der Waals surface area contributed by atoms with Crippen LogP contribution in [0.4, 0.5) is 0 Å². The van der Waals surface area contributed by atoms with Crippen LogP contribution in [0.3, 0.4) is 0 Å². The van der Waals surface area contributed by atoms with Gasteiger partial charge in [0, 0.05) is 31.0 Å². The molecule has 0 bridgehead atoms. The van der Waals surface area contributed by atoms with Crippen LogP contribution in [0.1, 0.15) is 38.5 Å². The highest BCUT2D eigenvalue weighted by molar-refractivity contribution is 14.1. The molecule has 174 valence electrons. The minimum atomic E-state index is 0.0550. The van der Waals surface area contributed by atoms with Crippen LogP contribution in [0.15, 0.2) is 0 Å². The molecular formula is C18H24I6O6. The summed E-state index contributed by atoms with van der Waals surface area (Å²) in [7, 11) is 0. The Morgan fingerprint density at radius 1 is 0.500 bits per heavy atom. The zero-order valence-electron chi connectivity index (χ0n) is 15.9. The van der Waals surface area contributed by atoms with Gasteiger partial charge in [-0.05, 0) is 19.3 Å². The van der Waals surface area contributed by atoms with Gasteiger partial charge in [-0.3, -0.25) is 0 Å². The van der Waals surface area contributed by atoms with Gasteiger partial charge in [-0.1, -0.05) is 136 Å². The molecule has 0 aromatic carbocycles. The summed E-state index contributed by atoms with van der Waals surface area (Å²) in [6, 6.07) is 0. The van der Waals surface area contributed by atoms with E-state index in [1.54, 1.807) is 0 Å². The van der Waals surface area contributed by atoms with Crippen LogP contribution in [-0.4, -0.2) is 61.3 Å². The number of hydrogen-bond donors (Lipinski definition) is 0. The fraction of sp³-hybridized carbons (Fsp3) is 0.667. The van der Waals surface area contributed by atoms with Gasteiger partial charge in [0.25, 0.3) is 0 Å². The third-order valence-corrected chi connectivity index (χ3v) is 10.8. The summed E-state index contributed by atoms with van der Waals surface area (Å²) in [5.41, 5.74) is 0. The molecule has 12 heteroatoms. The first kappa shape index (κ1) is 37.0. The molecule has 6 atom stereocenters. The first-order valence-electron chi connectivity index (χ1n) is 8.64. The first-order valence-corrected chi connectivity index (χ1v) is 16.1. The van der Waals surface area contributed by atoms with Crippen molar-refractivity contribution in [2.75, 3.05) is 0 Å². The third-order valence-electron chi connectivity index (χ3n) is 3.03. The van der Waals surface area contributed by atoms with E-state index < -0.39 is 0 Å². The van der Waals surface area contributed by atoms with Crippen molar-refractivity contribution in [1.82, 2.24) is 0 Å². The lowest BCUT2D eigenvalue weighted by atomic mass is 10.2. The molecule has 30 heavy (non-hydrogen) atoms. The lowest BCUT2D eigenvalue weighted by Gasteiger charge is -2.09. The van der Waals surface area contributed by atoms with Gasteiger partial charge < -0.3 is 28.8 Å². The quantitative estimate of drug-likeness (QED) is 0.125. The molecule has 0 aliphatic carbocycles. The Hall–Kier alpha value is 2.40. The van der Waals surface area contributed by atoms with Crippen molar-refractivity contribution < 1.29 is 28.8 Å². The second-order valence-corrected chi connectivity index (χ2v) is 15.4. The summed E-state index contributed by atoms with van der Waals surface area (Å²) >= 11 is 12.8. The maximum Gasteiger partial charge on any atom is 0.132 e.